The molecule has 2 heteroatoms. The Kier molecular flexibility index (Phi) is 3.26. The Morgan fingerprint density at radius 2 is 2.17 bits per heavy atom. The van der Waals surface area contributed by atoms with Crippen LogP contribution in [0.1, 0.15) is 24.1 Å². The van der Waals surface area contributed by atoms with Gasteiger partial charge < -0.3 is 11.5 Å². The van der Waals surface area contributed by atoms with E-state index in [4.69, 9.17) is 11.5 Å². The second kappa shape index (κ2) is 4.24. The number of aryl methyl sites for hydroxylation is 1. The maximum absolute atomic E-state index is 5.79. The van der Waals surface area contributed by atoms with Crippen LogP contribution in [0, 0.1) is 0 Å². The molecule has 1 atom stereocenters. The van der Waals surface area contributed by atoms with Gasteiger partial charge >= 0.3 is 0 Å². The van der Waals surface area contributed by atoms with E-state index in [0.29, 0.717) is 6.54 Å². The van der Waals surface area contributed by atoms with Crippen LogP contribution in [0.15, 0.2) is 24.3 Å². The van der Waals surface area contributed by atoms with Crippen molar-refractivity contribution in [2.75, 3.05) is 6.54 Å². The maximum Gasteiger partial charge on any atom is 0.0419 e. The normalized spacial score (nSPS) is 12.9. The minimum absolute atomic E-state index is 0.0171. The zero-order chi connectivity index (χ0) is 8.97. The van der Waals surface area contributed by atoms with Crippen LogP contribution in [0.25, 0.3) is 0 Å². The molecule has 0 heterocycles. The first-order chi connectivity index (χ1) is 5.77. The molecule has 4 N–H and O–H groups in total. The number of benzene rings is 1. The van der Waals surface area contributed by atoms with E-state index >= 15 is 0 Å². The highest BCUT2D eigenvalue weighted by Gasteiger charge is 2.02. The second-order valence-corrected chi connectivity index (χ2v) is 2.94. The molecule has 0 aliphatic heterocycles. The van der Waals surface area contributed by atoms with Gasteiger partial charge in [-0.05, 0) is 17.5 Å². The predicted octanol–water partition coefficient (Wildman–Crippen LogP) is 1.21. The van der Waals surface area contributed by atoms with E-state index in [0.717, 1.165) is 12.0 Å². The Labute approximate surface area is 73.6 Å². The van der Waals surface area contributed by atoms with Crippen molar-refractivity contribution in [3.63, 3.8) is 0 Å². The lowest BCUT2D eigenvalue weighted by atomic mass is 10.0. The van der Waals surface area contributed by atoms with Gasteiger partial charge in [0, 0.05) is 12.6 Å². The Hall–Kier alpha value is -0.860. The minimum atomic E-state index is -0.0171. The topological polar surface area (TPSA) is 52.0 Å². The molecule has 1 aromatic rings. The summed E-state index contributed by atoms with van der Waals surface area (Å²) in [5.41, 5.74) is 13.7. The molecule has 0 fully saturated rings. The lowest BCUT2D eigenvalue weighted by molar-refractivity contribution is 0.735. The van der Waals surface area contributed by atoms with Crippen LogP contribution in [0.3, 0.4) is 0 Å². The average Bonchev–Trinajstić information content (AvgIpc) is 2.17. The standard InChI is InChI=1S/C10H16N2/c1-2-8-4-3-5-9(6-8)10(12)7-11/h3-6,10H,2,7,11-12H2,1H3/t10-/m0/s1. The van der Waals surface area contributed by atoms with Gasteiger partial charge in [-0.15, -0.1) is 0 Å². The summed E-state index contributed by atoms with van der Waals surface area (Å²) in [4.78, 5) is 0. The summed E-state index contributed by atoms with van der Waals surface area (Å²) in [5.74, 6) is 0. The molecule has 2 nitrogen and oxygen atoms in total. The molecular formula is C10H16N2. The molecule has 1 rings (SSSR count). The van der Waals surface area contributed by atoms with Gasteiger partial charge in [0.1, 0.15) is 0 Å². The Morgan fingerprint density at radius 1 is 1.42 bits per heavy atom. The summed E-state index contributed by atoms with van der Waals surface area (Å²) >= 11 is 0. The highest BCUT2D eigenvalue weighted by Crippen LogP contribution is 2.11. The van der Waals surface area contributed by atoms with Crippen LogP contribution in [0.4, 0.5) is 0 Å². The smallest absolute Gasteiger partial charge is 0.0419 e. The fourth-order valence-corrected chi connectivity index (χ4v) is 1.18. The molecule has 0 unspecified atom stereocenters. The van der Waals surface area contributed by atoms with E-state index in [2.05, 4.69) is 19.1 Å². The van der Waals surface area contributed by atoms with Gasteiger partial charge in [0.2, 0.25) is 0 Å². The van der Waals surface area contributed by atoms with Crippen molar-refractivity contribution in [1.82, 2.24) is 0 Å². The number of hydrogen-bond donors (Lipinski definition) is 2. The van der Waals surface area contributed by atoms with Crippen LogP contribution < -0.4 is 11.5 Å². The molecule has 12 heavy (non-hydrogen) atoms. The fraction of sp³-hybridized carbons (Fsp3) is 0.400. The van der Waals surface area contributed by atoms with Crippen molar-refractivity contribution < 1.29 is 0 Å². The summed E-state index contributed by atoms with van der Waals surface area (Å²) in [6.45, 7) is 2.64. The summed E-state index contributed by atoms with van der Waals surface area (Å²) in [5, 5.41) is 0. The highest BCUT2D eigenvalue weighted by atomic mass is 14.7. The third-order valence-corrected chi connectivity index (χ3v) is 2.04. The first-order valence-corrected chi connectivity index (χ1v) is 4.32. The highest BCUT2D eigenvalue weighted by molar-refractivity contribution is 5.25. The molecule has 0 aliphatic carbocycles. The molecule has 0 spiro atoms. The summed E-state index contributed by atoms with van der Waals surface area (Å²) < 4.78 is 0. The predicted molar refractivity (Wildman–Crippen MR) is 51.8 cm³/mol. The van der Waals surface area contributed by atoms with Crippen molar-refractivity contribution >= 4 is 0 Å². The van der Waals surface area contributed by atoms with Crippen LogP contribution in [0.2, 0.25) is 0 Å². The van der Waals surface area contributed by atoms with Crippen molar-refractivity contribution in [2.24, 2.45) is 11.5 Å². The average molecular weight is 164 g/mol. The van der Waals surface area contributed by atoms with Gasteiger partial charge in [-0.3, -0.25) is 0 Å². The molecule has 66 valence electrons. The van der Waals surface area contributed by atoms with Gasteiger partial charge in [-0.1, -0.05) is 31.2 Å². The van der Waals surface area contributed by atoms with Gasteiger partial charge in [0.15, 0.2) is 0 Å². The molecule has 0 amide bonds. The van der Waals surface area contributed by atoms with Gasteiger partial charge in [0.25, 0.3) is 0 Å². The first-order valence-electron chi connectivity index (χ1n) is 4.32. The third kappa shape index (κ3) is 2.06. The van der Waals surface area contributed by atoms with E-state index in [-0.39, 0.29) is 6.04 Å². The van der Waals surface area contributed by atoms with Gasteiger partial charge in [-0.2, -0.15) is 0 Å². The zero-order valence-corrected chi connectivity index (χ0v) is 7.46. The SMILES string of the molecule is CCc1cccc([C@@H](N)CN)c1. The first kappa shape index (κ1) is 9.23. The van der Waals surface area contributed by atoms with E-state index < -0.39 is 0 Å². The van der Waals surface area contributed by atoms with Gasteiger partial charge in [0.05, 0.1) is 0 Å². The van der Waals surface area contributed by atoms with Crippen molar-refractivity contribution in [2.45, 2.75) is 19.4 Å². The molecule has 0 aromatic heterocycles. The van der Waals surface area contributed by atoms with E-state index in [1.807, 2.05) is 12.1 Å². The summed E-state index contributed by atoms with van der Waals surface area (Å²) in [7, 11) is 0. The second-order valence-electron chi connectivity index (χ2n) is 2.94. The Balaban J connectivity index is 2.86. The zero-order valence-electron chi connectivity index (χ0n) is 7.46. The van der Waals surface area contributed by atoms with Crippen molar-refractivity contribution in [1.29, 1.82) is 0 Å². The molecule has 0 radical (unpaired) electrons. The summed E-state index contributed by atoms with van der Waals surface area (Å²) in [6.07, 6.45) is 1.05. The van der Waals surface area contributed by atoms with E-state index in [1.54, 1.807) is 0 Å². The molecule has 0 bridgehead atoms. The molecular weight excluding hydrogens is 148 g/mol. The van der Waals surface area contributed by atoms with Crippen LogP contribution in [-0.2, 0) is 6.42 Å². The quantitative estimate of drug-likeness (QED) is 0.705. The molecule has 0 saturated carbocycles. The molecule has 0 aliphatic rings. The summed E-state index contributed by atoms with van der Waals surface area (Å²) in [6, 6.07) is 8.27. The molecule has 1 aromatic carbocycles. The third-order valence-electron chi connectivity index (χ3n) is 2.04. The largest absolute Gasteiger partial charge is 0.329 e. The van der Waals surface area contributed by atoms with E-state index in [1.165, 1.54) is 5.56 Å². The number of hydrogen-bond acceptors (Lipinski definition) is 2. The van der Waals surface area contributed by atoms with Crippen molar-refractivity contribution in [3.05, 3.63) is 35.4 Å². The van der Waals surface area contributed by atoms with Crippen LogP contribution in [-0.4, -0.2) is 6.54 Å². The number of nitrogens with two attached hydrogens (primary N) is 2. The van der Waals surface area contributed by atoms with Crippen LogP contribution >= 0.6 is 0 Å². The fourth-order valence-electron chi connectivity index (χ4n) is 1.18. The Bertz CT molecular complexity index is 245. The molecule has 0 saturated heterocycles. The lowest BCUT2D eigenvalue weighted by Gasteiger charge is -2.09. The van der Waals surface area contributed by atoms with Crippen molar-refractivity contribution in [3.8, 4) is 0 Å². The minimum Gasteiger partial charge on any atom is -0.329 e. The lowest BCUT2D eigenvalue weighted by Crippen LogP contribution is -2.20. The van der Waals surface area contributed by atoms with Gasteiger partial charge in [-0.25, -0.2) is 0 Å². The van der Waals surface area contributed by atoms with E-state index in [9.17, 15) is 0 Å². The van der Waals surface area contributed by atoms with Crippen LogP contribution in [0.5, 0.6) is 0 Å². The number of rotatable bonds is 3. The Morgan fingerprint density at radius 3 is 2.75 bits per heavy atom. The monoisotopic (exact) mass is 164 g/mol. The maximum atomic E-state index is 5.79.